The summed E-state index contributed by atoms with van der Waals surface area (Å²) < 4.78 is 0. The Morgan fingerprint density at radius 3 is 3.23 bits per heavy atom. The van der Waals surface area contributed by atoms with Gasteiger partial charge in [-0.2, -0.15) is 0 Å². The highest BCUT2D eigenvalue weighted by Crippen LogP contribution is 2.14. The van der Waals surface area contributed by atoms with Crippen LogP contribution in [0, 0.1) is 0 Å². The van der Waals surface area contributed by atoms with Gasteiger partial charge in [0, 0.05) is 6.42 Å². The number of hydrogen-bond acceptors (Lipinski definition) is 4. The molecule has 0 saturated heterocycles. The first-order valence-corrected chi connectivity index (χ1v) is 3.84. The van der Waals surface area contributed by atoms with E-state index >= 15 is 0 Å². The highest BCUT2D eigenvalue weighted by atomic mass is 16.1. The number of primary amides is 1. The lowest BCUT2D eigenvalue weighted by atomic mass is 10.2. The maximum absolute atomic E-state index is 10.8. The van der Waals surface area contributed by atoms with E-state index in [1.54, 1.807) is 6.20 Å². The van der Waals surface area contributed by atoms with Crippen LogP contribution in [-0.2, 0) is 6.42 Å². The van der Waals surface area contributed by atoms with Crippen LogP contribution in [0.1, 0.15) is 16.2 Å². The van der Waals surface area contributed by atoms with Crippen LogP contribution in [-0.4, -0.2) is 15.9 Å². The summed E-state index contributed by atoms with van der Waals surface area (Å²) in [7, 11) is 0. The summed E-state index contributed by atoms with van der Waals surface area (Å²) in [6, 6.07) is 0. The van der Waals surface area contributed by atoms with Crippen molar-refractivity contribution in [2.75, 3.05) is 5.32 Å². The molecule has 1 aliphatic heterocycles. The van der Waals surface area contributed by atoms with Crippen molar-refractivity contribution in [2.45, 2.75) is 6.42 Å². The van der Waals surface area contributed by atoms with E-state index in [0.717, 1.165) is 5.69 Å². The SMILES string of the molecule is NC(=O)c1cnc2c(n1)CC=CN2. The van der Waals surface area contributed by atoms with E-state index in [2.05, 4.69) is 15.3 Å². The lowest BCUT2D eigenvalue weighted by Gasteiger charge is -2.10. The molecule has 0 bridgehead atoms. The molecule has 2 rings (SSSR count). The average molecular weight is 176 g/mol. The van der Waals surface area contributed by atoms with Gasteiger partial charge in [0.2, 0.25) is 0 Å². The molecule has 0 spiro atoms. The number of nitrogens with two attached hydrogens (primary N) is 1. The van der Waals surface area contributed by atoms with Crippen LogP contribution in [0.2, 0.25) is 0 Å². The lowest BCUT2D eigenvalue weighted by molar-refractivity contribution is 0.0995. The van der Waals surface area contributed by atoms with Crippen LogP contribution in [0.5, 0.6) is 0 Å². The van der Waals surface area contributed by atoms with Gasteiger partial charge in [0.25, 0.3) is 5.91 Å². The summed E-state index contributed by atoms with van der Waals surface area (Å²) in [5, 5.41) is 2.92. The molecular weight excluding hydrogens is 168 g/mol. The summed E-state index contributed by atoms with van der Waals surface area (Å²) in [6.07, 6.45) is 5.74. The normalized spacial score (nSPS) is 13.2. The fraction of sp³-hybridized carbons (Fsp3) is 0.125. The molecule has 0 fully saturated rings. The molecule has 2 heterocycles. The maximum Gasteiger partial charge on any atom is 0.268 e. The second-order valence-corrected chi connectivity index (χ2v) is 2.67. The van der Waals surface area contributed by atoms with Gasteiger partial charge in [0.1, 0.15) is 5.69 Å². The number of hydrogen-bond donors (Lipinski definition) is 2. The third kappa shape index (κ3) is 1.35. The largest absolute Gasteiger partial charge is 0.364 e. The van der Waals surface area contributed by atoms with Gasteiger partial charge in [-0.05, 0) is 6.20 Å². The predicted octanol–water partition coefficient (Wildman–Crippen LogP) is 0.0572. The van der Waals surface area contributed by atoms with Crippen molar-refractivity contribution < 1.29 is 4.79 Å². The Balaban J connectivity index is 2.44. The number of allylic oxidation sites excluding steroid dienone is 1. The first kappa shape index (κ1) is 7.72. The number of carbonyl (C=O) groups is 1. The highest BCUT2D eigenvalue weighted by Gasteiger charge is 2.10. The van der Waals surface area contributed by atoms with Crippen molar-refractivity contribution in [1.82, 2.24) is 9.97 Å². The highest BCUT2D eigenvalue weighted by molar-refractivity contribution is 5.90. The van der Waals surface area contributed by atoms with Crippen LogP contribution >= 0.6 is 0 Å². The molecule has 1 aromatic rings. The number of anilines is 1. The number of fused-ring (bicyclic) bond motifs is 1. The summed E-state index contributed by atoms with van der Waals surface area (Å²) >= 11 is 0. The number of carbonyl (C=O) groups excluding carboxylic acids is 1. The summed E-state index contributed by atoms with van der Waals surface area (Å²) in [4.78, 5) is 18.8. The van der Waals surface area contributed by atoms with E-state index in [0.29, 0.717) is 12.2 Å². The number of amides is 1. The van der Waals surface area contributed by atoms with E-state index in [1.807, 2.05) is 6.08 Å². The zero-order chi connectivity index (χ0) is 9.26. The van der Waals surface area contributed by atoms with E-state index in [9.17, 15) is 4.79 Å². The summed E-state index contributed by atoms with van der Waals surface area (Å²) in [5.74, 6) is 0.136. The number of nitrogens with zero attached hydrogens (tertiary/aromatic N) is 2. The topological polar surface area (TPSA) is 80.9 Å². The van der Waals surface area contributed by atoms with Crippen molar-refractivity contribution in [3.63, 3.8) is 0 Å². The molecule has 13 heavy (non-hydrogen) atoms. The molecule has 0 radical (unpaired) electrons. The van der Waals surface area contributed by atoms with Crippen LogP contribution in [0.25, 0.3) is 0 Å². The molecule has 0 aromatic carbocycles. The van der Waals surface area contributed by atoms with Crippen molar-refractivity contribution in [3.05, 3.63) is 29.9 Å². The number of nitrogens with one attached hydrogen (secondary N) is 1. The molecule has 1 amide bonds. The Labute approximate surface area is 74.7 Å². The lowest BCUT2D eigenvalue weighted by Crippen LogP contribution is -2.16. The minimum absolute atomic E-state index is 0.204. The van der Waals surface area contributed by atoms with E-state index in [4.69, 9.17) is 5.73 Å². The molecule has 0 unspecified atom stereocenters. The molecule has 3 N–H and O–H groups in total. The van der Waals surface area contributed by atoms with E-state index in [-0.39, 0.29) is 5.69 Å². The van der Waals surface area contributed by atoms with Crippen molar-refractivity contribution >= 4 is 11.7 Å². The number of rotatable bonds is 1. The molecule has 0 atom stereocenters. The van der Waals surface area contributed by atoms with Gasteiger partial charge in [-0.3, -0.25) is 4.79 Å². The fourth-order valence-electron chi connectivity index (χ4n) is 1.12. The summed E-state index contributed by atoms with van der Waals surface area (Å²) in [6.45, 7) is 0. The molecular formula is C8H8N4O. The van der Waals surface area contributed by atoms with Gasteiger partial charge in [-0.15, -0.1) is 0 Å². The molecule has 5 nitrogen and oxygen atoms in total. The monoisotopic (exact) mass is 176 g/mol. The molecule has 1 aliphatic rings. The quantitative estimate of drug-likeness (QED) is 0.633. The van der Waals surface area contributed by atoms with Crippen molar-refractivity contribution in [3.8, 4) is 0 Å². The Hall–Kier alpha value is -1.91. The third-order valence-electron chi connectivity index (χ3n) is 1.75. The van der Waals surface area contributed by atoms with Crippen molar-refractivity contribution in [2.24, 2.45) is 5.73 Å². The van der Waals surface area contributed by atoms with Crippen LogP contribution in [0.15, 0.2) is 18.5 Å². The van der Waals surface area contributed by atoms with Crippen LogP contribution in [0.4, 0.5) is 5.82 Å². The smallest absolute Gasteiger partial charge is 0.268 e. The standard InChI is InChI=1S/C8H8N4O/c9-7(13)6-4-11-8-5(12-6)2-1-3-10-8/h1,3-4H,2H2,(H2,9,13)(H,10,11). The zero-order valence-corrected chi connectivity index (χ0v) is 6.82. The first-order chi connectivity index (χ1) is 6.27. The van der Waals surface area contributed by atoms with Gasteiger partial charge in [-0.1, -0.05) is 6.08 Å². The molecule has 0 saturated carbocycles. The van der Waals surface area contributed by atoms with Gasteiger partial charge in [-0.25, -0.2) is 9.97 Å². The van der Waals surface area contributed by atoms with Gasteiger partial charge in [0.05, 0.1) is 11.9 Å². The molecule has 66 valence electrons. The minimum atomic E-state index is -0.551. The molecule has 5 heteroatoms. The van der Waals surface area contributed by atoms with Crippen LogP contribution in [0.3, 0.4) is 0 Å². The van der Waals surface area contributed by atoms with E-state index in [1.165, 1.54) is 6.20 Å². The summed E-state index contributed by atoms with van der Waals surface area (Å²) in [5.41, 5.74) is 6.02. The van der Waals surface area contributed by atoms with E-state index < -0.39 is 5.91 Å². The molecule has 0 aliphatic carbocycles. The van der Waals surface area contributed by atoms with Gasteiger partial charge in [0.15, 0.2) is 5.82 Å². The zero-order valence-electron chi connectivity index (χ0n) is 6.82. The average Bonchev–Trinajstić information content (AvgIpc) is 2.17. The Morgan fingerprint density at radius 2 is 2.46 bits per heavy atom. The fourth-order valence-corrected chi connectivity index (χ4v) is 1.12. The first-order valence-electron chi connectivity index (χ1n) is 3.84. The third-order valence-corrected chi connectivity index (χ3v) is 1.75. The predicted molar refractivity (Wildman–Crippen MR) is 47.0 cm³/mol. The second kappa shape index (κ2) is 2.85. The Bertz CT molecular complexity index is 386. The van der Waals surface area contributed by atoms with Gasteiger partial charge >= 0.3 is 0 Å². The minimum Gasteiger partial charge on any atom is -0.364 e. The number of aromatic nitrogens is 2. The Kier molecular flexibility index (Phi) is 1.70. The second-order valence-electron chi connectivity index (χ2n) is 2.67. The maximum atomic E-state index is 10.8. The van der Waals surface area contributed by atoms with Gasteiger partial charge < -0.3 is 11.1 Å². The molecule has 1 aromatic heterocycles. The van der Waals surface area contributed by atoms with Crippen LogP contribution < -0.4 is 11.1 Å². The van der Waals surface area contributed by atoms with Crippen molar-refractivity contribution in [1.29, 1.82) is 0 Å². The Morgan fingerprint density at radius 1 is 1.62 bits per heavy atom.